The molecule has 1 heterocycles. The standard InChI is InChI=1S/C13H13Cl2F3N2/c14-11(15)12(20-6-1-2-7-20)19-10-5-3-4-9(8-10)13(16,17)18/h3-5,8,11H,1-2,6-7H2/p+1. The van der Waals surface area contributed by atoms with E-state index in [0.717, 1.165) is 38.1 Å². The van der Waals surface area contributed by atoms with Crippen LogP contribution in [0.1, 0.15) is 18.4 Å². The smallest absolute Gasteiger partial charge is 0.263 e. The first-order valence-corrected chi connectivity index (χ1v) is 7.09. The summed E-state index contributed by atoms with van der Waals surface area (Å²) in [5.41, 5.74) is -0.378. The Balaban J connectivity index is 2.26. The van der Waals surface area contributed by atoms with Crippen LogP contribution in [0.25, 0.3) is 0 Å². The Bertz CT molecular complexity index is 505. The monoisotopic (exact) mass is 325 g/mol. The van der Waals surface area contributed by atoms with E-state index in [1.807, 2.05) is 4.58 Å². The zero-order valence-electron chi connectivity index (χ0n) is 10.6. The average molecular weight is 326 g/mol. The summed E-state index contributed by atoms with van der Waals surface area (Å²) >= 11 is 11.8. The van der Waals surface area contributed by atoms with Crippen LogP contribution in [0.15, 0.2) is 24.3 Å². The first-order chi connectivity index (χ1) is 9.38. The molecular weight excluding hydrogens is 312 g/mol. The Hall–Kier alpha value is -0.940. The number of halogens is 5. The maximum Gasteiger partial charge on any atom is 0.416 e. The Kier molecular flexibility index (Phi) is 4.81. The SMILES string of the molecule is FC(F)(F)c1cccc(NC(C(Cl)Cl)=[N+]2CCCC2)c1. The Morgan fingerprint density at radius 3 is 2.40 bits per heavy atom. The van der Waals surface area contributed by atoms with E-state index >= 15 is 0 Å². The molecule has 20 heavy (non-hydrogen) atoms. The fraction of sp³-hybridized carbons (Fsp3) is 0.462. The van der Waals surface area contributed by atoms with Crippen molar-refractivity contribution in [3.8, 4) is 0 Å². The van der Waals surface area contributed by atoms with Gasteiger partial charge in [-0.15, -0.1) is 0 Å². The van der Waals surface area contributed by atoms with Gasteiger partial charge < -0.3 is 0 Å². The molecule has 1 saturated heterocycles. The number of anilines is 1. The zero-order valence-corrected chi connectivity index (χ0v) is 12.1. The lowest BCUT2D eigenvalue weighted by Gasteiger charge is -2.11. The number of alkyl halides is 5. The van der Waals surface area contributed by atoms with Gasteiger partial charge in [-0.3, -0.25) is 4.58 Å². The van der Waals surface area contributed by atoms with Crippen LogP contribution < -0.4 is 5.32 Å². The summed E-state index contributed by atoms with van der Waals surface area (Å²) in [6.45, 7) is 1.61. The highest BCUT2D eigenvalue weighted by atomic mass is 35.5. The molecule has 0 aliphatic carbocycles. The number of nitrogens with zero attached hydrogens (tertiary/aromatic N) is 1. The Labute approximate surface area is 125 Å². The lowest BCUT2D eigenvalue weighted by molar-refractivity contribution is -0.506. The molecule has 1 aromatic carbocycles. The molecule has 1 aromatic rings. The highest BCUT2D eigenvalue weighted by molar-refractivity contribution is 6.54. The molecule has 1 N–H and O–H groups in total. The minimum Gasteiger partial charge on any atom is -0.263 e. The van der Waals surface area contributed by atoms with Gasteiger partial charge in [-0.25, -0.2) is 5.32 Å². The Morgan fingerprint density at radius 2 is 1.85 bits per heavy atom. The van der Waals surface area contributed by atoms with Crippen LogP contribution >= 0.6 is 23.2 Å². The van der Waals surface area contributed by atoms with Crippen molar-refractivity contribution >= 4 is 34.7 Å². The fourth-order valence-corrected chi connectivity index (χ4v) is 2.54. The second-order valence-electron chi connectivity index (χ2n) is 4.58. The van der Waals surface area contributed by atoms with Gasteiger partial charge in [0, 0.05) is 0 Å². The van der Waals surface area contributed by atoms with Gasteiger partial charge in [0.2, 0.25) is 4.84 Å². The molecule has 0 atom stereocenters. The molecule has 110 valence electrons. The first kappa shape index (κ1) is 15.4. The predicted molar refractivity (Wildman–Crippen MR) is 74.8 cm³/mol. The van der Waals surface area contributed by atoms with E-state index < -0.39 is 16.6 Å². The molecule has 0 aromatic heterocycles. The van der Waals surface area contributed by atoms with Crippen molar-refractivity contribution in [2.75, 3.05) is 18.4 Å². The summed E-state index contributed by atoms with van der Waals surface area (Å²) in [4.78, 5) is -0.803. The van der Waals surface area contributed by atoms with Crippen molar-refractivity contribution in [3.63, 3.8) is 0 Å². The van der Waals surface area contributed by atoms with Crippen LogP contribution in [0, 0.1) is 0 Å². The van der Waals surface area contributed by atoms with Crippen molar-refractivity contribution in [3.05, 3.63) is 29.8 Å². The molecule has 0 bridgehead atoms. The lowest BCUT2D eigenvalue weighted by atomic mass is 10.2. The molecule has 7 heteroatoms. The lowest BCUT2D eigenvalue weighted by Crippen LogP contribution is -2.31. The number of nitrogens with one attached hydrogen (secondary N) is 1. The van der Waals surface area contributed by atoms with E-state index in [0.29, 0.717) is 11.5 Å². The van der Waals surface area contributed by atoms with E-state index in [4.69, 9.17) is 23.2 Å². The van der Waals surface area contributed by atoms with Crippen molar-refractivity contribution in [1.29, 1.82) is 0 Å². The molecule has 1 fully saturated rings. The number of rotatable bonds is 2. The summed E-state index contributed by atoms with van der Waals surface area (Å²) in [7, 11) is 0. The van der Waals surface area contributed by atoms with Crippen LogP contribution in [-0.2, 0) is 6.18 Å². The highest BCUT2D eigenvalue weighted by Gasteiger charge is 2.31. The molecule has 0 radical (unpaired) electrons. The van der Waals surface area contributed by atoms with Crippen LogP contribution in [0.3, 0.4) is 0 Å². The summed E-state index contributed by atoms with van der Waals surface area (Å²) in [5, 5.41) is 2.91. The van der Waals surface area contributed by atoms with Crippen LogP contribution in [0.2, 0.25) is 0 Å². The fourth-order valence-electron chi connectivity index (χ4n) is 2.15. The number of benzene rings is 1. The van der Waals surface area contributed by atoms with E-state index in [2.05, 4.69) is 5.32 Å². The zero-order chi connectivity index (χ0) is 14.8. The third-order valence-electron chi connectivity index (χ3n) is 3.12. The minimum absolute atomic E-state index is 0.327. The predicted octanol–water partition coefficient (Wildman–Crippen LogP) is 4.13. The van der Waals surface area contributed by atoms with Crippen LogP contribution in [-0.4, -0.2) is 28.3 Å². The maximum atomic E-state index is 12.7. The second kappa shape index (κ2) is 6.22. The van der Waals surface area contributed by atoms with Gasteiger partial charge in [-0.05, 0) is 31.0 Å². The van der Waals surface area contributed by atoms with E-state index in [9.17, 15) is 13.2 Å². The molecular formula is C13H14Cl2F3N2+. The van der Waals surface area contributed by atoms with Gasteiger partial charge in [0.15, 0.2) is 0 Å². The molecule has 1 aliphatic rings. The maximum absolute atomic E-state index is 12.7. The first-order valence-electron chi connectivity index (χ1n) is 6.22. The van der Waals surface area contributed by atoms with Crippen molar-refractivity contribution in [1.82, 2.24) is 0 Å². The molecule has 0 saturated carbocycles. The van der Waals surface area contributed by atoms with Crippen molar-refractivity contribution < 1.29 is 17.7 Å². The van der Waals surface area contributed by atoms with Crippen LogP contribution in [0.4, 0.5) is 18.9 Å². The van der Waals surface area contributed by atoms with Gasteiger partial charge in [0.25, 0.3) is 5.84 Å². The summed E-state index contributed by atoms with van der Waals surface area (Å²) in [6.07, 6.45) is -2.32. The minimum atomic E-state index is -4.37. The number of hydrogen-bond acceptors (Lipinski definition) is 0. The summed E-state index contributed by atoms with van der Waals surface area (Å²) in [6, 6.07) is 4.98. The number of hydrogen-bond donors (Lipinski definition) is 1. The average Bonchev–Trinajstić information content (AvgIpc) is 2.88. The molecule has 1 aliphatic heterocycles. The van der Waals surface area contributed by atoms with Gasteiger partial charge in [-0.1, -0.05) is 29.3 Å². The van der Waals surface area contributed by atoms with Gasteiger partial charge in [-0.2, -0.15) is 13.2 Å². The largest absolute Gasteiger partial charge is 0.416 e. The van der Waals surface area contributed by atoms with Gasteiger partial charge in [0.1, 0.15) is 5.69 Å². The van der Waals surface area contributed by atoms with Gasteiger partial charge >= 0.3 is 6.18 Å². The highest BCUT2D eigenvalue weighted by Crippen LogP contribution is 2.30. The van der Waals surface area contributed by atoms with E-state index in [1.54, 1.807) is 6.07 Å². The third-order valence-corrected chi connectivity index (χ3v) is 3.53. The molecule has 0 spiro atoms. The summed E-state index contributed by atoms with van der Waals surface area (Å²) < 4.78 is 40.0. The van der Waals surface area contributed by atoms with Crippen LogP contribution in [0.5, 0.6) is 0 Å². The van der Waals surface area contributed by atoms with E-state index in [1.165, 1.54) is 6.07 Å². The summed E-state index contributed by atoms with van der Waals surface area (Å²) in [5.74, 6) is 0.533. The number of amidine groups is 1. The molecule has 0 amide bonds. The molecule has 2 nitrogen and oxygen atoms in total. The Morgan fingerprint density at radius 1 is 1.20 bits per heavy atom. The van der Waals surface area contributed by atoms with Gasteiger partial charge in [0.05, 0.1) is 18.7 Å². The third kappa shape index (κ3) is 3.79. The molecule has 2 rings (SSSR count). The van der Waals surface area contributed by atoms with Crippen molar-refractivity contribution in [2.45, 2.75) is 23.9 Å². The quantitative estimate of drug-likeness (QED) is 0.491. The normalized spacial score (nSPS) is 15.8. The van der Waals surface area contributed by atoms with E-state index in [-0.39, 0.29) is 0 Å². The topological polar surface area (TPSA) is 15.0 Å². The van der Waals surface area contributed by atoms with Crippen molar-refractivity contribution in [2.24, 2.45) is 0 Å². The second-order valence-corrected chi connectivity index (χ2v) is 5.68. The molecule has 0 unspecified atom stereocenters.